The van der Waals surface area contributed by atoms with Crippen LogP contribution in [0.15, 0.2) is 77.9 Å². The summed E-state index contributed by atoms with van der Waals surface area (Å²) in [6, 6.07) is 22.2. The maximum atomic E-state index is 12.4. The lowest BCUT2D eigenvalue weighted by Crippen LogP contribution is -2.25. The summed E-state index contributed by atoms with van der Waals surface area (Å²) < 4.78 is 6.11. The highest BCUT2D eigenvalue weighted by Gasteiger charge is 2.35. The van der Waals surface area contributed by atoms with Crippen LogP contribution in [0, 0.1) is 10.1 Å². The van der Waals surface area contributed by atoms with Crippen molar-refractivity contribution in [2.45, 2.75) is 13.2 Å². The van der Waals surface area contributed by atoms with Crippen LogP contribution >= 0.6 is 11.3 Å². The fraction of sp³-hybridized carbons (Fsp3) is 0.0870. The van der Waals surface area contributed by atoms with Crippen LogP contribution in [0.2, 0.25) is 0 Å². The van der Waals surface area contributed by atoms with E-state index in [9.17, 15) is 14.9 Å². The van der Waals surface area contributed by atoms with Crippen LogP contribution in [0.4, 0.5) is 5.00 Å². The summed E-state index contributed by atoms with van der Waals surface area (Å²) in [5.74, 6) is -0.135. The van der Waals surface area contributed by atoms with Crippen molar-refractivity contribution in [2.75, 3.05) is 0 Å². The summed E-state index contributed by atoms with van der Waals surface area (Å²) in [5.41, 5.74) is 3.17. The SMILES string of the molecule is CC(=O)N1N=C(c2ccc([N+](=O)[O-])s2)OC1c1cc(-c2ccccc2)nc2ccccc12. The second kappa shape index (κ2) is 7.86. The molecule has 0 radical (unpaired) electrons. The van der Waals surface area contributed by atoms with Crippen molar-refractivity contribution in [1.82, 2.24) is 9.99 Å². The number of carbonyl (C=O) groups excluding carboxylic acids is 1. The summed E-state index contributed by atoms with van der Waals surface area (Å²) in [7, 11) is 0. The first-order valence-electron chi connectivity index (χ1n) is 9.76. The van der Waals surface area contributed by atoms with Crippen molar-refractivity contribution in [2.24, 2.45) is 5.10 Å². The molecule has 1 unspecified atom stereocenters. The summed E-state index contributed by atoms with van der Waals surface area (Å²) >= 11 is 0.948. The van der Waals surface area contributed by atoms with Gasteiger partial charge in [0, 0.05) is 29.5 Å². The molecule has 0 saturated carbocycles. The van der Waals surface area contributed by atoms with E-state index < -0.39 is 11.2 Å². The van der Waals surface area contributed by atoms with Gasteiger partial charge in [0.2, 0.25) is 12.1 Å². The normalized spacial score (nSPS) is 15.5. The van der Waals surface area contributed by atoms with E-state index in [-0.39, 0.29) is 16.8 Å². The number of rotatable bonds is 4. The number of fused-ring (bicyclic) bond motifs is 1. The topological polar surface area (TPSA) is 97.9 Å². The molecule has 1 atom stereocenters. The molecule has 0 fully saturated rings. The molecule has 2 aromatic heterocycles. The van der Waals surface area contributed by atoms with Gasteiger partial charge in [0.15, 0.2) is 0 Å². The molecule has 3 heterocycles. The Labute approximate surface area is 186 Å². The van der Waals surface area contributed by atoms with Gasteiger partial charge in [-0.2, -0.15) is 5.01 Å². The lowest BCUT2D eigenvalue weighted by atomic mass is 10.0. The maximum Gasteiger partial charge on any atom is 0.324 e. The first-order chi connectivity index (χ1) is 15.5. The predicted octanol–water partition coefficient (Wildman–Crippen LogP) is 5.11. The molecule has 1 aliphatic rings. The zero-order valence-corrected chi connectivity index (χ0v) is 17.7. The minimum atomic E-state index is -0.820. The van der Waals surface area contributed by atoms with E-state index in [2.05, 4.69) is 5.10 Å². The minimum absolute atomic E-state index is 0.0233. The standard InChI is InChI=1S/C23H16N4O4S/c1-14(28)26-23(31-22(25-26)20-11-12-21(32-20)27(29)30)17-13-19(15-7-3-2-4-8-15)24-18-10-6-5-9-16(17)18/h2-13,23H,1H3. The molecule has 0 spiro atoms. The van der Waals surface area contributed by atoms with Gasteiger partial charge in [-0.15, -0.1) is 5.10 Å². The third-order valence-electron chi connectivity index (χ3n) is 5.03. The van der Waals surface area contributed by atoms with Gasteiger partial charge in [-0.25, -0.2) is 4.98 Å². The molecule has 9 heteroatoms. The van der Waals surface area contributed by atoms with Crippen LogP contribution in [-0.4, -0.2) is 26.7 Å². The number of carbonyl (C=O) groups is 1. The zero-order chi connectivity index (χ0) is 22.2. The molecule has 8 nitrogen and oxygen atoms in total. The third-order valence-corrected chi connectivity index (χ3v) is 6.06. The fourth-order valence-electron chi connectivity index (χ4n) is 3.57. The quantitative estimate of drug-likeness (QED) is 0.322. The Hall–Kier alpha value is -4.11. The average Bonchev–Trinajstić information content (AvgIpc) is 3.47. The number of amides is 1. The molecule has 158 valence electrons. The largest absolute Gasteiger partial charge is 0.445 e. The molecule has 2 aromatic carbocycles. The highest BCUT2D eigenvalue weighted by Crippen LogP contribution is 2.37. The van der Waals surface area contributed by atoms with Gasteiger partial charge in [0.05, 0.1) is 21.0 Å². The third kappa shape index (κ3) is 3.48. The number of aromatic nitrogens is 1. The van der Waals surface area contributed by atoms with Crippen molar-refractivity contribution in [3.05, 3.63) is 93.4 Å². The van der Waals surface area contributed by atoms with E-state index in [1.165, 1.54) is 18.0 Å². The highest BCUT2D eigenvalue weighted by atomic mass is 32.1. The number of ether oxygens (including phenoxy) is 1. The molecule has 0 bridgehead atoms. The number of hydrogen-bond acceptors (Lipinski definition) is 7. The predicted molar refractivity (Wildman–Crippen MR) is 121 cm³/mol. The second-order valence-corrected chi connectivity index (χ2v) is 8.18. The van der Waals surface area contributed by atoms with Gasteiger partial charge in [-0.3, -0.25) is 14.9 Å². The molecule has 32 heavy (non-hydrogen) atoms. The lowest BCUT2D eigenvalue weighted by molar-refractivity contribution is -0.380. The van der Waals surface area contributed by atoms with Gasteiger partial charge >= 0.3 is 5.00 Å². The van der Waals surface area contributed by atoms with Gasteiger partial charge < -0.3 is 4.74 Å². The Morgan fingerprint density at radius 2 is 1.84 bits per heavy atom. The Kier molecular flexibility index (Phi) is 4.87. The average molecular weight is 444 g/mol. The summed E-state index contributed by atoms with van der Waals surface area (Å²) in [6.45, 7) is 1.40. The van der Waals surface area contributed by atoms with Crippen LogP contribution in [0.3, 0.4) is 0 Å². The molecule has 4 aromatic rings. The minimum Gasteiger partial charge on any atom is -0.445 e. The molecule has 0 saturated heterocycles. The number of benzene rings is 2. The Balaban J connectivity index is 1.62. The van der Waals surface area contributed by atoms with Crippen LogP contribution in [0.1, 0.15) is 23.6 Å². The van der Waals surface area contributed by atoms with Crippen molar-refractivity contribution in [3.8, 4) is 11.3 Å². The zero-order valence-electron chi connectivity index (χ0n) is 16.8. The van der Waals surface area contributed by atoms with Crippen LogP contribution in [0.25, 0.3) is 22.2 Å². The van der Waals surface area contributed by atoms with E-state index in [1.54, 1.807) is 6.07 Å². The van der Waals surface area contributed by atoms with E-state index in [0.717, 1.165) is 39.1 Å². The molecule has 0 aliphatic carbocycles. The monoisotopic (exact) mass is 444 g/mol. The number of nitro groups is 1. The van der Waals surface area contributed by atoms with Crippen molar-refractivity contribution >= 4 is 39.0 Å². The van der Waals surface area contributed by atoms with Crippen molar-refractivity contribution in [1.29, 1.82) is 0 Å². The van der Waals surface area contributed by atoms with E-state index >= 15 is 0 Å². The smallest absolute Gasteiger partial charge is 0.324 e. The first kappa shape index (κ1) is 19.8. The number of para-hydroxylation sites is 1. The molecule has 1 aliphatic heterocycles. The van der Waals surface area contributed by atoms with Crippen LogP contribution < -0.4 is 0 Å². The van der Waals surface area contributed by atoms with Crippen LogP contribution in [0.5, 0.6) is 0 Å². The number of thiophene rings is 1. The van der Waals surface area contributed by atoms with E-state index in [0.29, 0.717) is 4.88 Å². The molecule has 1 amide bonds. The van der Waals surface area contributed by atoms with Crippen LogP contribution in [-0.2, 0) is 9.53 Å². The van der Waals surface area contributed by atoms with E-state index in [1.807, 2.05) is 60.7 Å². The summed E-state index contributed by atoms with van der Waals surface area (Å²) in [4.78, 5) is 28.3. The Morgan fingerprint density at radius 3 is 2.56 bits per heavy atom. The maximum absolute atomic E-state index is 12.4. The Morgan fingerprint density at radius 1 is 1.09 bits per heavy atom. The molecular weight excluding hydrogens is 428 g/mol. The van der Waals surface area contributed by atoms with Gasteiger partial charge in [-0.1, -0.05) is 59.9 Å². The highest BCUT2D eigenvalue weighted by molar-refractivity contribution is 7.17. The Bertz CT molecular complexity index is 1380. The van der Waals surface area contributed by atoms with Gasteiger partial charge in [-0.05, 0) is 18.2 Å². The lowest BCUT2D eigenvalue weighted by Gasteiger charge is -2.21. The first-order valence-corrected chi connectivity index (χ1v) is 10.6. The second-order valence-electron chi connectivity index (χ2n) is 7.11. The molecular formula is C23H16N4O4S. The van der Waals surface area contributed by atoms with Gasteiger partial charge in [0.1, 0.15) is 0 Å². The number of nitrogens with zero attached hydrogens (tertiary/aromatic N) is 4. The van der Waals surface area contributed by atoms with Gasteiger partial charge in [0.25, 0.3) is 5.90 Å². The summed E-state index contributed by atoms with van der Waals surface area (Å²) in [6.07, 6.45) is -0.820. The number of hydrogen-bond donors (Lipinski definition) is 0. The molecule has 0 N–H and O–H groups in total. The summed E-state index contributed by atoms with van der Waals surface area (Å²) in [5, 5.41) is 17.5. The molecule has 5 rings (SSSR count). The van der Waals surface area contributed by atoms with Crippen molar-refractivity contribution in [3.63, 3.8) is 0 Å². The van der Waals surface area contributed by atoms with Crippen molar-refractivity contribution < 1.29 is 14.5 Å². The number of pyridine rings is 1. The number of hydrazone groups is 1. The fourth-order valence-corrected chi connectivity index (χ4v) is 4.32. The van der Waals surface area contributed by atoms with E-state index in [4.69, 9.17) is 9.72 Å².